The van der Waals surface area contributed by atoms with E-state index in [0.29, 0.717) is 26.9 Å². The number of rotatable bonds is 4. The Labute approximate surface area is 145 Å². The van der Waals surface area contributed by atoms with Crippen molar-refractivity contribution in [2.24, 2.45) is 5.73 Å². The van der Waals surface area contributed by atoms with E-state index >= 15 is 0 Å². The van der Waals surface area contributed by atoms with Crippen molar-refractivity contribution in [3.8, 4) is 0 Å². The fraction of sp³-hybridized carbons (Fsp3) is 0. The molecule has 0 aliphatic heterocycles. The summed E-state index contributed by atoms with van der Waals surface area (Å²) in [7, 11) is -3.77. The number of H-pyrrole nitrogens is 1. The molecule has 0 aliphatic rings. The van der Waals surface area contributed by atoms with Gasteiger partial charge in [0.05, 0.1) is 10.4 Å². The second kappa shape index (κ2) is 5.53. The Morgan fingerprint density at radius 1 is 1.16 bits per heavy atom. The molecule has 3 aromatic heterocycles. The fourth-order valence-electron chi connectivity index (χ4n) is 2.60. The van der Waals surface area contributed by atoms with E-state index in [0.717, 1.165) is 0 Å². The van der Waals surface area contributed by atoms with Crippen molar-refractivity contribution in [1.29, 1.82) is 0 Å². The first-order valence-electron chi connectivity index (χ1n) is 7.08. The minimum absolute atomic E-state index is 0.0912. The van der Waals surface area contributed by atoms with Crippen LogP contribution in [0.3, 0.4) is 0 Å². The van der Waals surface area contributed by atoms with Crippen LogP contribution in [-0.2, 0) is 10.0 Å². The fourth-order valence-corrected chi connectivity index (χ4v) is 4.42. The molecule has 25 heavy (non-hydrogen) atoms. The summed E-state index contributed by atoms with van der Waals surface area (Å²) in [4.78, 5) is 22.6. The highest BCUT2D eigenvalue weighted by atomic mass is 32.2. The second-order valence-electron chi connectivity index (χ2n) is 5.22. The number of nitrogens with zero attached hydrogens (tertiary/aromatic N) is 2. The van der Waals surface area contributed by atoms with Crippen LogP contribution >= 0.6 is 11.3 Å². The number of anilines is 1. The van der Waals surface area contributed by atoms with Crippen LogP contribution in [0.15, 0.2) is 46.9 Å². The topological polar surface area (TPSA) is 131 Å². The van der Waals surface area contributed by atoms with E-state index in [4.69, 9.17) is 5.73 Å². The molecule has 0 atom stereocenters. The van der Waals surface area contributed by atoms with Crippen molar-refractivity contribution in [2.75, 3.05) is 4.72 Å². The van der Waals surface area contributed by atoms with Gasteiger partial charge < -0.3 is 10.7 Å². The summed E-state index contributed by atoms with van der Waals surface area (Å²) in [5.74, 6) is -0.657. The molecule has 0 spiro atoms. The van der Waals surface area contributed by atoms with Gasteiger partial charge in [-0.3, -0.25) is 9.52 Å². The Hall–Kier alpha value is -2.98. The number of primary amides is 1. The summed E-state index contributed by atoms with van der Waals surface area (Å²) < 4.78 is 27.5. The summed E-state index contributed by atoms with van der Waals surface area (Å²) in [6.07, 6.45) is 2.98. The summed E-state index contributed by atoms with van der Waals surface area (Å²) in [5, 5.41) is 3.30. The zero-order valence-corrected chi connectivity index (χ0v) is 14.2. The van der Waals surface area contributed by atoms with Gasteiger partial charge in [0, 0.05) is 34.1 Å². The molecule has 10 heteroatoms. The Bertz CT molecular complexity index is 1210. The number of hydrogen-bond acceptors (Lipinski definition) is 6. The van der Waals surface area contributed by atoms with Gasteiger partial charge in [-0.2, -0.15) is 0 Å². The maximum Gasteiger partial charge on any atom is 0.269 e. The van der Waals surface area contributed by atoms with Crippen LogP contribution in [0, 0.1) is 0 Å². The van der Waals surface area contributed by atoms with Crippen LogP contribution in [0.2, 0.25) is 0 Å². The van der Waals surface area contributed by atoms with E-state index in [1.54, 1.807) is 17.5 Å². The van der Waals surface area contributed by atoms with E-state index < -0.39 is 15.9 Å². The molecule has 4 aromatic rings. The number of sulfonamides is 1. The number of nitrogens with one attached hydrogen (secondary N) is 2. The lowest BCUT2D eigenvalue weighted by molar-refractivity contribution is 0.0997. The van der Waals surface area contributed by atoms with Gasteiger partial charge in [0.2, 0.25) is 0 Å². The average molecular weight is 373 g/mol. The Morgan fingerprint density at radius 2 is 2.00 bits per heavy atom. The number of carbonyl (C=O) groups excluding carboxylic acids is 1. The number of aromatic nitrogens is 3. The van der Waals surface area contributed by atoms with Gasteiger partial charge in [-0.15, -0.1) is 11.3 Å². The maximum atomic E-state index is 12.5. The third-order valence-corrected chi connectivity index (χ3v) is 5.84. The molecule has 4 N–H and O–H groups in total. The number of aromatic amines is 1. The molecule has 3 heterocycles. The number of hydrogen-bond donors (Lipinski definition) is 3. The van der Waals surface area contributed by atoms with Crippen molar-refractivity contribution >= 4 is 54.2 Å². The number of benzene rings is 1. The van der Waals surface area contributed by atoms with Crippen molar-refractivity contribution < 1.29 is 13.2 Å². The molecule has 0 fully saturated rings. The predicted molar refractivity (Wildman–Crippen MR) is 95.0 cm³/mol. The minimum atomic E-state index is -3.77. The van der Waals surface area contributed by atoms with Gasteiger partial charge in [0.25, 0.3) is 15.9 Å². The molecule has 0 saturated carbocycles. The van der Waals surface area contributed by atoms with E-state index in [-0.39, 0.29) is 10.6 Å². The maximum absolute atomic E-state index is 12.5. The summed E-state index contributed by atoms with van der Waals surface area (Å²) in [6, 6.07) is 6.35. The van der Waals surface area contributed by atoms with Gasteiger partial charge in [-0.25, -0.2) is 18.4 Å². The van der Waals surface area contributed by atoms with E-state index in [9.17, 15) is 13.2 Å². The molecule has 4 rings (SSSR count). The quantitative estimate of drug-likeness (QED) is 0.504. The van der Waals surface area contributed by atoms with Gasteiger partial charge in [-0.05, 0) is 24.3 Å². The first kappa shape index (κ1) is 15.5. The normalized spacial score (nSPS) is 11.8. The van der Waals surface area contributed by atoms with Crippen molar-refractivity contribution in [1.82, 2.24) is 15.0 Å². The van der Waals surface area contributed by atoms with Crippen LogP contribution in [0.4, 0.5) is 5.13 Å². The molecule has 0 bridgehead atoms. The van der Waals surface area contributed by atoms with Crippen LogP contribution in [0.25, 0.3) is 21.8 Å². The summed E-state index contributed by atoms with van der Waals surface area (Å²) >= 11 is 1.19. The number of thiazole rings is 1. The SMILES string of the molecule is NC(=O)c1nccc2c1[nH]c1ccc(S(=O)(=O)Nc3nccs3)cc12. The number of nitrogens with two attached hydrogens (primary N) is 1. The van der Waals surface area contributed by atoms with Crippen LogP contribution in [-0.4, -0.2) is 29.3 Å². The molecule has 8 nitrogen and oxygen atoms in total. The second-order valence-corrected chi connectivity index (χ2v) is 7.80. The molecule has 126 valence electrons. The number of fused-ring (bicyclic) bond motifs is 3. The van der Waals surface area contributed by atoms with Crippen LogP contribution in [0.5, 0.6) is 0 Å². The lowest BCUT2D eigenvalue weighted by atomic mass is 10.1. The predicted octanol–water partition coefficient (Wildman–Crippen LogP) is 2.07. The van der Waals surface area contributed by atoms with Crippen molar-refractivity contribution in [3.63, 3.8) is 0 Å². The molecule has 0 radical (unpaired) electrons. The monoisotopic (exact) mass is 373 g/mol. The van der Waals surface area contributed by atoms with Crippen LogP contribution < -0.4 is 10.5 Å². The number of carbonyl (C=O) groups is 1. The highest BCUT2D eigenvalue weighted by Crippen LogP contribution is 2.29. The zero-order chi connectivity index (χ0) is 17.6. The van der Waals surface area contributed by atoms with Gasteiger partial charge in [0.15, 0.2) is 10.8 Å². The minimum Gasteiger partial charge on any atom is -0.364 e. The molecule has 0 unspecified atom stereocenters. The molecule has 0 saturated heterocycles. The smallest absolute Gasteiger partial charge is 0.269 e. The highest BCUT2D eigenvalue weighted by Gasteiger charge is 2.18. The molecular formula is C15H11N5O3S2. The van der Waals surface area contributed by atoms with Crippen molar-refractivity contribution in [3.05, 3.63) is 47.7 Å². The molecule has 0 aliphatic carbocycles. The third kappa shape index (κ3) is 2.61. The Morgan fingerprint density at radius 3 is 2.72 bits per heavy atom. The van der Waals surface area contributed by atoms with Gasteiger partial charge in [-0.1, -0.05) is 0 Å². The van der Waals surface area contributed by atoms with E-state index in [1.165, 1.54) is 35.9 Å². The lowest BCUT2D eigenvalue weighted by Gasteiger charge is -2.05. The molecule has 1 aromatic carbocycles. The Kier molecular flexibility index (Phi) is 3.44. The van der Waals surface area contributed by atoms with E-state index in [1.807, 2.05) is 0 Å². The molecule has 1 amide bonds. The van der Waals surface area contributed by atoms with Gasteiger partial charge in [0.1, 0.15) is 0 Å². The van der Waals surface area contributed by atoms with Gasteiger partial charge >= 0.3 is 0 Å². The molecular weight excluding hydrogens is 362 g/mol. The first-order valence-corrected chi connectivity index (χ1v) is 9.44. The standard InChI is InChI=1S/C15H11N5O3S2/c16-14(21)13-12-9(3-4-17-13)10-7-8(1-2-11(10)19-12)25(22,23)20-15-18-5-6-24-15/h1-7,19H,(H2,16,21)(H,18,20). The number of pyridine rings is 1. The van der Waals surface area contributed by atoms with Crippen molar-refractivity contribution in [2.45, 2.75) is 4.90 Å². The number of amides is 1. The zero-order valence-electron chi connectivity index (χ0n) is 12.6. The largest absolute Gasteiger partial charge is 0.364 e. The average Bonchev–Trinajstić information content (AvgIpc) is 3.20. The lowest BCUT2D eigenvalue weighted by Crippen LogP contribution is -2.13. The first-order chi connectivity index (χ1) is 12.0. The van der Waals surface area contributed by atoms with Crippen LogP contribution in [0.1, 0.15) is 10.5 Å². The Balaban J connectivity index is 1.89. The third-order valence-electron chi connectivity index (χ3n) is 3.69. The summed E-state index contributed by atoms with van der Waals surface area (Å²) in [6.45, 7) is 0. The summed E-state index contributed by atoms with van der Waals surface area (Å²) in [5.41, 5.74) is 6.61. The van der Waals surface area contributed by atoms with E-state index in [2.05, 4.69) is 19.7 Å². The highest BCUT2D eigenvalue weighted by molar-refractivity contribution is 7.93.